The van der Waals surface area contributed by atoms with Crippen LogP contribution in [0.15, 0.2) is 18.2 Å². The molecule has 0 aliphatic rings. The normalized spacial score (nSPS) is 11.2. The molecule has 1 aromatic carbocycles. The summed E-state index contributed by atoms with van der Waals surface area (Å²) in [5.74, 6) is -0.240. The third-order valence-electron chi connectivity index (χ3n) is 2.57. The van der Waals surface area contributed by atoms with Crippen molar-refractivity contribution in [2.75, 3.05) is 18.4 Å². The van der Waals surface area contributed by atoms with E-state index in [0.29, 0.717) is 6.54 Å². The van der Waals surface area contributed by atoms with E-state index in [1.807, 2.05) is 6.92 Å². The number of benzene rings is 1. The predicted molar refractivity (Wildman–Crippen MR) is 68.0 cm³/mol. The minimum absolute atomic E-state index is 0.0413. The Balaban J connectivity index is 2.68. The number of amides is 1. The minimum atomic E-state index is -4.38. The van der Waals surface area contributed by atoms with Crippen molar-refractivity contribution in [3.05, 3.63) is 29.3 Å². The zero-order chi connectivity index (χ0) is 14.5. The molecular weight excluding hydrogens is 257 g/mol. The summed E-state index contributed by atoms with van der Waals surface area (Å²) in [5, 5.41) is 5.32. The van der Waals surface area contributed by atoms with Crippen LogP contribution in [0.25, 0.3) is 0 Å². The number of halogens is 3. The lowest BCUT2D eigenvalue weighted by Crippen LogP contribution is -2.30. The van der Waals surface area contributed by atoms with Crippen molar-refractivity contribution < 1.29 is 18.0 Å². The summed E-state index contributed by atoms with van der Waals surface area (Å²) >= 11 is 0. The second-order valence-corrected chi connectivity index (χ2v) is 4.23. The predicted octanol–water partition coefficient (Wildman–Crippen LogP) is 2.95. The van der Waals surface area contributed by atoms with Gasteiger partial charge in [0.1, 0.15) is 0 Å². The van der Waals surface area contributed by atoms with Crippen LogP contribution in [0.4, 0.5) is 18.9 Å². The van der Waals surface area contributed by atoms with E-state index in [9.17, 15) is 18.0 Å². The van der Waals surface area contributed by atoms with Gasteiger partial charge in [0.05, 0.1) is 12.1 Å². The summed E-state index contributed by atoms with van der Waals surface area (Å²) in [5.41, 5.74) is -0.246. The number of rotatable bonds is 5. The fraction of sp³-hybridized carbons (Fsp3) is 0.462. The molecule has 0 fully saturated rings. The maximum atomic E-state index is 12.7. The Bertz CT molecular complexity index is 444. The maximum absolute atomic E-state index is 12.7. The Morgan fingerprint density at radius 2 is 2.00 bits per heavy atom. The van der Waals surface area contributed by atoms with E-state index in [1.54, 1.807) is 0 Å². The molecule has 0 radical (unpaired) electrons. The van der Waals surface area contributed by atoms with E-state index >= 15 is 0 Å². The number of hydrogen-bond donors (Lipinski definition) is 2. The van der Waals surface area contributed by atoms with Gasteiger partial charge in [-0.1, -0.05) is 13.0 Å². The molecule has 0 atom stereocenters. The van der Waals surface area contributed by atoms with Crippen LogP contribution >= 0.6 is 0 Å². The topological polar surface area (TPSA) is 41.1 Å². The highest BCUT2D eigenvalue weighted by Gasteiger charge is 2.32. The molecule has 0 aromatic heterocycles. The first-order chi connectivity index (χ1) is 8.84. The van der Waals surface area contributed by atoms with Gasteiger partial charge in [0.15, 0.2) is 0 Å². The molecule has 0 heterocycles. The van der Waals surface area contributed by atoms with Gasteiger partial charge in [0.25, 0.3) is 0 Å². The van der Waals surface area contributed by atoms with E-state index < -0.39 is 11.7 Å². The average molecular weight is 274 g/mol. The monoisotopic (exact) mass is 274 g/mol. The van der Waals surface area contributed by atoms with Crippen LogP contribution in [-0.4, -0.2) is 19.0 Å². The van der Waals surface area contributed by atoms with Crippen LogP contribution in [-0.2, 0) is 11.0 Å². The first-order valence-corrected chi connectivity index (χ1v) is 6.03. The molecule has 6 heteroatoms. The number of nitrogens with one attached hydrogen (secondary N) is 2. The van der Waals surface area contributed by atoms with Crippen molar-refractivity contribution in [2.45, 2.75) is 26.4 Å². The zero-order valence-electron chi connectivity index (χ0n) is 10.9. The Hall–Kier alpha value is -1.72. The van der Waals surface area contributed by atoms with E-state index in [4.69, 9.17) is 0 Å². The number of anilines is 1. The molecule has 3 nitrogen and oxygen atoms in total. The molecule has 1 amide bonds. The van der Waals surface area contributed by atoms with Crippen LogP contribution in [0.5, 0.6) is 0 Å². The lowest BCUT2D eigenvalue weighted by molar-refractivity contribution is -0.138. The van der Waals surface area contributed by atoms with E-state index in [0.717, 1.165) is 12.5 Å². The standard InChI is InChI=1S/C13H17F3N2O/c1-3-6-17-12(19)8-18-10-5-4-9(2)11(7-10)13(14,15)16/h4-5,7,18H,3,6,8H2,1-2H3,(H,17,19). The molecule has 0 aliphatic heterocycles. The van der Waals surface area contributed by atoms with Crippen molar-refractivity contribution >= 4 is 11.6 Å². The minimum Gasteiger partial charge on any atom is -0.376 e. The van der Waals surface area contributed by atoms with E-state index in [1.165, 1.54) is 19.1 Å². The van der Waals surface area contributed by atoms with E-state index in [-0.39, 0.29) is 23.7 Å². The molecule has 1 rings (SSSR count). The average Bonchev–Trinajstić information content (AvgIpc) is 2.34. The van der Waals surface area contributed by atoms with Crippen LogP contribution in [0.3, 0.4) is 0 Å². The molecule has 2 N–H and O–H groups in total. The number of alkyl halides is 3. The van der Waals surface area contributed by atoms with Crippen molar-refractivity contribution in [3.8, 4) is 0 Å². The van der Waals surface area contributed by atoms with Gasteiger partial charge < -0.3 is 10.6 Å². The Morgan fingerprint density at radius 3 is 2.58 bits per heavy atom. The maximum Gasteiger partial charge on any atom is 0.416 e. The fourth-order valence-electron chi connectivity index (χ4n) is 1.55. The zero-order valence-corrected chi connectivity index (χ0v) is 10.9. The molecule has 106 valence electrons. The third-order valence-corrected chi connectivity index (χ3v) is 2.57. The SMILES string of the molecule is CCCNC(=O)CNc1ccc(C)c(C(F)(F)F)c1. The Labute approximate surface area is 110 Å². The number of carbonyl (C=O) groups excluding carboxylic acids is 1. The molecule has 1 aromatic rings. The summed E-state index contributed by atoms with van der Waals surface area (Å²) in [6.45, 7) is 3.84. The van der Waals surface area contributed by atoms with Crippen LogP contribution in [0, 0.1) is 6.92 Å². The number of carbonyl (C=O) groups is 1. The van der Waals surface area contributed by atoms with Gasteiger partial charge in [-0.2, -0.15) is 13.2 Å². The summed E-state index contributed by atoms with van der Waals surface area (Å²) in [6, 6.07) is 3.93. The van der Waals surface area contributed by atoms with Gasteiger partial charge in [-0.3, -0.25) is 4.79 Å². The molecule has 0 saturated heterocycles. The second kappa shape index (κ2) is 6.45. The lowest BCUT2D eigenvalue weighted by Gasteiger charge is -2.13. The third kappa shape index (κ3) is 4.81. The van der Waals surface area contributed by atoms with Crippen molar-refractivity contribution in [1.82, 2.24) is 5.32 Å². The largest absolute Gasteiger partial charge is 0.416 e. The molecule has 0 bridgehead atoms. The quantitative estimate of drug-likeness (QED) is 0.866. The highest BCUT2D eigenvalue weighted by Crippen LogP contribution is 2.33. The molecule has 19 heavy (non-hydrogen) atoms. The summed E-state index contributed by atoms with van der Waals surface area (Å²) in [7, 11) is 0. The van der Waals surface area contributed by atoms with Crippen LogP contribution in [0.2, 0.25) is 0 Å². The first-order valence-electron chi connectivity index (χ1n) is 6.03. The summed E-state index contributed by atoms with van der Waals surface area (Å²) < 4.78 is 38.1. The van der Waals surface area contributed by atoms with Gasteiger partial charge in [0.2, 0.25) is 5.91 Å². The van der Waals surface area contributed by atoms with Crippen LogP contribution in [0.1, 0.15) is 24.5 Å². The summed E-state index contributed by atoms with van der Waals surface area (Å²) in [4.78, 5) is 11.3. The molecule has 0 saturated carbocycles. The molecule has 0 spiro atoms. The van der Waals surface area contributed by atoms with Gasteiger partial charge in [0, 0.05) is 12.2 Å². The lowest BCUT2D eigenvalue weighted by atomic mass is 10.1. The molecule has 0 unspecified atom stereocenters. The van der Waals surface area contributed by atoms with Crippen molar-refractivity contribution in [2.24, 2.45) is 0 Å². The smallest absolute Gasteiger partial charge is 0.376 e. The second-order valence-electron chi connectivity index (χ2n) is 4.23. The Morgan fingerprint density at radius 1 is 1.32 bits per heavy atom. The van der Waals surface area contributed by atoms with Gasteiger partial charge in [-0.05, 0) is 31.0 Å². The fourth-order valence-corrected chi connectivity index (χ4v) is 1.55. The first kappa shape index (κ1) is 15.3. The van der Waals surface area contributed by atoms with Crippen molar-refractivity contribution in [1.29, 1.82) is 0 Å². The highest BCUT2D eigenvalue weighted by molar-refractivity contribution is 5.80. The van der Waals surface area contributed by atoms with Gasteiger partial charge in [-0.25, -0.2) is 0 Å². The Kier molecular flexibility index (Phi) is 5.20. The van der Waals surface area contributed by atoms with E-state index in [2.05, 4.69) is 10.6 Å². The number of hydrogen-bond acceptors (Lipinski definition) is 2. The molecule has 0 aliphatic carbocycles. The van der Waals surface area contributed by atoms with Gasteiger partial charge >= 0.3 is 6.18 Å². The number of aryl methyl sites for hydroxylation is 1. The van der Waals surface area contributed by atoms with Crippen LogP contribution < -0.4 is 10.6 Å². The molecular formula is C13H17F3N2O. The van der Waals surface area contributed by atoms with Gasteiger partial charge in [-0.15, -0.1) is 0 Å². The summed E-state index contributed by atoms with van der Waals surface area (Å²) in [6.07, 6.45) is -3.57. The highest BCUT2D eigenvalue weighted by atomic mass is 19.4. The van der Waals surface area contributed by atoms with Crippen molar-refractivity contribution in [3.63, 3.8) is 0 Å².